The zero-order valence-corrected chi connectivity index (χ0v) is 15.2. The molecule has 25 heavy (non-hydrogen) atoms. The van der Waals surface area contributed by atoms with Crippen molar-refractivity contribution in [2.45, 2.75) is 20.4 Å². The van der Waals surface area contributed by atoms with Gasteiger partial charge < -0.3 is 15.4 Å². The molecular weight excluding hydrogens is 340 g/mol. The summed E-state index contributed by atoms with van der Waals surface area (Å²) in [7, 11) is 0. The number of amides is 1. The lowest BCUT2D eigenvalue weighted by Gasteiger charge is -2.12. The minimum Gasteiger partial charge on any atom is -0.484 e. The molecule has 2 aromatic rings. The van der Waals surface area contributed by atoms with Crippen LogP contribution in [0.3, 0.4) is 0 Å². The average Bonchev–Trinajstić information content (AvgIpc) is 2.59. The summed E-state index contributed by atoms with van der Waals surface area (Å²) in [6.45, 7) is 4.96. The first-order valence-electron chi connectivity index (χ1n) is 7.92. The van der Waals surface area contributed by atoms with Crippen LogP contribution in [0.2, 0.25) is 0 Å². The highest BCUT2D eigenvalue weighted by molar-refractivity contribution is 5.94. The molecule has 0 radical (unpaired) electrons. The zero-order valence-electron chi connectivity index (χ0n) is 14.4. The number of benzene rings is 2. The lowest BCUT2D eigenvalue weighted by Crippen LogP contribution is -2.22. The quantitative estimate of drug-likeness (QED) is 0.706. The summed E-state index contributed by atoms with van der Waals surface area (Å²) in [5.74, 6) is 0.216. The second-order valence-electron chi connectivity index (χ2n) is 5.36. The minimum atomic E-state index is -0.243. The molecule has 5 nitrogen and oxygen atoms in total. The molecular formula is C19H23ClN2O3. The van der Waals surface area contributed by atoms with Crippen molar-refractivity contribution in [3.63, 3.8) is 0 Å². The van der Waals surface area contributed by atoms with E-state index in [1.54, 1.807) is 24.3 Å². The van der Waals surface area contributed by atoms with Crippen molar-refractivity contribution in [1.29, 1.82) is 0 Å². The van der Waals surface area contributed by atoms with E-state index in [-0.39, 0.29) is 30.7 Å². The lowest BCUT2D eigenvalue weighted by molar-refractivity contribution is -0.118. The number of carbonyl (C=O) groups is 2. The second kappa shape index (κ2) is 10.5. The van der Waals surface area contributed by atoms with Crippen LogP contribution in [0.15, 0.2) is 48.5 Å². The van der Waals surface area contributed by atoms with Gasteiger partial charge in [0, 0.05) is 17.8 Å². The molecule has 0 spiro atoms. The fourth-order valence-corrected chi connectivity index (χ4v) is 2.20. The van der Waals surface area contributed by atoms with E-state index in [0.717, 1.165) is 17.8 Å². The van der Waals surface area contributed by atoms with E-state index in [1.807, 2.05) is 31.2 Å². The van der Waals surface area contributed by atoms with Crippen LogP contribution in [0, 0.1) is 0 Å². The van der Waals surface area contributed by atoms with Crippen molar-refractivity contribution in [2.75, 3.05) is 18.5 Å². The Morgan fingerprint density at radius 3 is 2.56 bits per heavy atom. The molecule has 1 amide bonds. The Bertz CT molecular complexity index is 719. The summed E-state index contributed by atoms with van der Waals surface area (Å²) in [5, 5.41) is 6.09. The molecule has 0 aliphatic carbocycles. The van der Waals surface area contributed by atoms with E-state index < -0.39 is 0 Å². The van der Waals surface area contributed by atoms with E-state index in [0.29, 0.717) is 17.9 Å². The molecule has 2 N–H and O–H groups in total. The maximum atomic E-state index is 12.1. The summed E-state index contributed by atoms with van der Waals surface area (Å²) < 4.78 is 5.47. The summed E-state index contributed by atoms with van der Waals surface area (Å²) in [4.78, 5) is 23.5. The zero-order chi connectivity index (χ0) is 17.4. The van der Waals surface area contributed by atoms with Crippen molar-refractivity contribution < 1.29 is 14.3 Å². The molecule has 0 saturated carbocycles. The van der Waals surface area contributed by atoms with Gasteiger partial charge in [-0.25, -0.2) is 0 Å². The van der Waals surface area contributed by atoms with Crippen LogP contribution in [0.1, 0.15) is 29.8 Å². The topological polar surface area (TPSA) is 67.4 Å². The summed E-state index contributed by atoms with van der Waals surface area (Å²) in [5.41, 5.74) is 2.35. The number of anilines is 1. The van der Waals surface area contributed by atoms with E-state index in [2.05, 4.69) is 10.6 Å². The fraction of sp³-hybridized carbons (Fsp3) is 0.263. The monoisotopic (exact) mass is 362 g/mol. The molecule has 6 heteroatoms. The van der Waals surface area contributed by atoms with Crippen LogP contribution in [-0.2, 0) is 11.3 Å². The predicted octanol–water partition coefficient (Wildman–Crippen LogP) is 3.44. The Balaban J connectivity index is 0.00000312. The predicted molar refractivity (Wildman–Crippen MR) is 102 cm³/mol. The van der Waals surface area contributed by atoms with Gasteiger partial charge in [0.1, 0.15) is 5.75 Å². The van der Waals surface area contributed by atoms with Crippen LogP contribution < -0.4 is 15.4 Å². The molecule has 0 bridgehead atoms. The van der Waals surface area contributed by atoms with Gasteiger partial charge in [0.25, 0.3) is 5.91 Å². The molecule has 0 atom stereocenters. The molecule has 0 aliphatic heterocycles. The Labute approximate surface area is 154 Å². The smallest absolute Gasteiger partial charge is 0.262 e. The number of para-hydroxylation sites is 1. The van der Waals surface area contributed by atoms with Crippen LogP contribution in [0.5, 0.6) is 5.75 Å². The van der Waals surface area contributed by atoms with Crippen molar-refractivity contribution in [3.05, 3.63) is 59.7 Å². The number of carbonyl (C=O) groups excluding carboxylic acids is 2. The molecule has 134 valence electrons. The van der Waals surface area contributed by atoms with Crippen LogP contribution in [-0.4, -0.2) is 24.8 Å². The minimum absolute atomic E-state index is 0. The third-order valence-corrected chi connectivity index (χ3v) is 3.47. The fourth-order valence-electron chi connectivity index (χ4n) is 2.20. The second-order valence-corrected chi connectivity index (χ2v) is 5.36. The number of ether oxygens (including phenoxy) is 1. The maximum absolute atomic E-state index is 12.1. The van der Waals surface area contributed by atoms with Gasteiger partial charge in [-0.2, -0.15) is 0 Å². The van der Waals surface area contributed by atoms with Gasteiger partial charge in [-0.1, -0.05) is 37.3 Å². The normalized spacial score (nSPS) is 9.84. The molecule has 2 rings (SSSR count). The first kappa shape index (κ1) is 20.7. The SMILES string of the molecule is CCNCc1ccccc1NC(=O)COc1cccc(C(C)=O)c1.Cl. The standard InChI is InChI=1S/C19H22N2O3.ClH/c1-3-20-12-16-7-4-5-10-18(16)21-19(23)13-24-17-9-6-8-15(11-17)14(2)22;/h4-11,20H,3,12-13H2,1-2H3,(H,21,23);1H. The molecule has 0 aliphatic rings. The first-order chi connectivity index (χ1) is 11.6. The van der Waals surface area contributed by atoms with Gasteiger partial charge in [0.2, 0.25) is 0 Å². The van der Waals surface area contributed by atoms with E-state index >= 15 is 0 Å². The van der Waals surface area contributed by atoms with Gasteiger partial charge in [0.15, 0.2) is 12.4 Å². The Morgan fingerprint density at radius 1 is 1.08 bits per heavy atom. The Kier molecular flexibility index (Phi) is 8.67. The molecule has 0 unspecified atom stereocenters. The average molecular weight is 363 g/mol. The van der Waals surface area contributed by atoms with Gasteiger partial charge in [-0.15, -0.1) is 12.4 Å². The Morgan fingerprint density at radius 2 is 1.84 bits per heavy atom. The van der Waals surface area contributed by atoms with Crippen molar-refractivity contribution in [3.8, 4) is 5.75 Å². The summed E-state index contributed by atoms with van der Waals surface area (Å²) >= 11 is 0. The molecule has 0 saturated heterocycles. The third kappa shape index (κ3) is 6.57. The van der Waals surface area contributed by atoms with Crippen LogP contribution in [0.4, 0.5) is 5.69 Å². The van der Waals surface area contributed by atoms with Gasteiger partial charge >= 0.3 is 0 Å². The van der Waals surface area contributed by atoms with Gasteiger partial charge in [0.05, 0.1) is 0 Å². The number of halogens is 1. The number of rotatable bonds is 8. The molecule has 0 aromatic heterocycles. The number of ketones is 1. The highest BCUT2D eigenvalue weighted by atomic mass is 35.5. The van der Waals surface area contributed by atoms with E-state index in [1.165, 1.54) is 6.92 Å². The van der Waals surface area contributed by atoms with Crippen LogP contribution >= 0.6 is 12.4 Å². The Hall–Kier alpha value is -2.37. The summed E-state index contributed by atoms with van der Waals surface area (Å²) in [6, 6.07) is 14.4. The number of hydrogen-bond acceptors (Lipinski definition) is 4. The van der Waals surface area contributed by atoms with Crippen molar-refractivity contribution >= 4 is 29.8 Å². The van der Waals surface area contributed by atoms with Crippen molar-refractivity contribution in [1.82, 2.24) is 5.32 Å². The van der Waals surface area contributed by atoms with Gasteiger partial charge in [-0.05, 0) is 37.2 Å². The summed E-state index contributed by atoms with van der Waals surface area (Å²) in [6.07, 6.45) is 0. The molecule has 0 heterocycles. The number of Topliss-reactive ketones (excluding diaryl/α,β-unsaturated/α-hetero) is 1. The van der Waals surface area contributed by atoms with E-state index in [9.17, 15) is 9.59 Å². The lowest BCUT2D eigenvalue weighted by atomic mass is 10.1. The first-order valence-corrected chi connectivity index (χ1v) is 7.92. The largest absolute Gasteiger partial charge is 0.484 e. The van der Waals surface area contributed by atoms with E-state index in [4.69, 9.17) is 4.74 Å². The highest BCUT2D eigenvalue weighted by Crippen LogP contribution is 2.16. The number of hydrogen-bond donors (Lipinski definition) is 2. The highest BCUT2D eigenvalue weighted by Gasteiger charge is 2.08. The molecule has 2 aromatic carbocycles. The van der Waals surface area contributed by atoms with Crippen molar-refractivity contribution in [2.24, 2.45) is 0 Å². The third-order valence-electron chi connectivity index (χ3n) is 3.47. The molecule has 0 fully saturated rings. The maximum Gasteiger partial charge on any atom is 0.262 e. The number of nitrogens with one attached hydrogen (secondary N) is 2. The van der Waals surface area contributed by atoms with Gasteiger partial charge in [-0.3, -0.25) is 9.59 Å². The van der Waals surface area contributed by atoms with Crippen LogP contribution in [0.25, 0.3) is 0 Å².